The molecule has 0 saturated carbocycles. The molecule has 0 bridgehead atoms. The Kier molecular flexibility index (Phi) is 5.18. The third kappa shape index (κ3) is 3.72. The molecular weight excluding hydrogens is 322 g/mol. The Morgan fingerprint density at radius 3 is 2.44 bits per heavy atom. The quantitative estimate of drug-likeness (QED) is 0.862. The summed E-state index contributed by atoms with van der Waals surface area (Å²) in [6, 6.07) is 4.38. The van der Waals surface area contributed by atoms with E-state index in [9.17, 15) is 8.42 Å². The van der Waals surface area contributed by atoms with E-state index in [0.717, 1.165) is 0 Å². The van der Waals surface area contributed by atoms with Crippen LogP contribution < -0.4 is 14.2 Å². The van der Waals surface area contributed by atoms with Crippen LogP contribution in [0.4, 0.5) is 0 Å². The molecule has 1 N–H and O–H groups in total. The Labute approximate surface area is 115 Å². The van der Waals surface area contributed by atoms with E-state index in [1.807, 2.05) is 0 Å². The third-order valence-corrected chi connectivity index (χ3v) is 3.80. The van der Waals surface area contributed by atoms with Crippen molar-refractivity contribution in [2.75, 3.05) is 20.8 Å². The molecule has 0 aliphatic rings. The predicted molar refractivity (Wildman–Crippen MR) is 72.8 cm³/mol. The molecule has 0 aromatic heterocycles. The van der Waals surface area contributed by atoms with Crippen molar-refractivity contribution in [3.63, 3.8) is 0 Å². The van der Waals surface area contributed by atoms with Gasteiger partial charge in [0.1, 0.15) is 0 Å². The molecule has 0 aliphatic carbocycles. The van der Waals surface area contributed by atoms with Gasteiger partial charge in [-0.25, -0.2) is 13.1 Å². The standard InChI is InChI=1S/C11H14BrNO4S/c1-8(12)7-13-18(14,15)9-4-5-10(16-2)11(6-9)17-3/h4-6,13H,1,7H2,2-3H3. The number of halogens is 1. The first kappa shape index (κ1) is 15.0. The highest BCUT2D eigenvalue weighted by molar-refractivity contribution is 9.11. The highest BCUT2D eigenvalue weighted by atomic mass is 79.9. The van der Waals surface area contributed by atoms with Gasteiger partial charge in [0, 0.05) is 17.1 Å². The van der Waals surface area contributed by atoms with Crippen LogP contribution in [0.25, 0.3) is 0 Å². The maximum absolute atomic E-state index is 11.9. The lowest BCUT2D eigenvalue weighted by molar-refractivity contribution is 0.354. The van der Waals surface area contributed by atoms with E-state index >= 15 is 0 Å². The number of hydrogen-bond donors (Lipinski definition) is 1. The number of nitrogens with one attached hydrogen (secondary N) is 1. The Hall–Kier alpha value is -1.05. The van der Waals surface area contributed by atoms with Crippen molar-refractivity contribution in [2.24, 2.45) is 0 Å². The zero-order chi connectivity index (χ0) is 13.8. The first-order chi connectivity index (χ1) is 8.40. The Morgan fingerprint density at radius 1 is 1.33 bits per heavy atom. The number of ether oxygens (including phenoxy) is 2. The molecule has 0 heterocycles. The maximum atomic E-state index is 11.9. The lowest BCUT2D eigenvalue weighted by Gasteiger charge is -2.10. The van der Waals surface area contributed by atoms with E-state index in [-0.39, 0.29) is 11.4 Å². The minimum Gasteiger partial charge on any atom is -0.493 e. The monoisotopic (exact) mass is 335 g/mol. The van der Waals surface area contributed by atoms with Gasteiger partial charge in [0.25, 0.3) is 0 Å². The number of methoxy groups -OCH3 is 2. The summed E-state index contributed by atoms with van der Waals surface area (Å²) in [5.41, 5.74) is 0. The molecule has 0 atom stereocenters. The van der Waals surface area contributed by atoms with Crippen LogP contribution in [0.3, 0.4) is 0 Å². The van der Waals surface area contributed by atoms with Crippen molar-refractivity contribution in [1.82, 2.24) is 4.72 Å². The molecule has 0 amide bonds. The van der Waals surface area contributed by atoms with Crippen LogP contribution in [-0.4, -0.2) is 29.2 Å². The fraction of sp³-hybridized carbons (Fsp3) is 0.273. The van der Waals surface area contributed by atoms with Gasteiger partial charge in [0.05, 0.1) is 19.1 Å². The molecule has 7 heteroatoms. The highest BCUT2D eigenvalue weighted by Crippen LogP contribution is 2.29. The van der Waals surface area contributed by atoms with Gasteiger partial charge in [-0.2, -0.15) is 0 Å². The summed E-state index contributed by atoms with van der Waals surface area (Å²) >= 11 is 3.08. The minimum absolute atomic E-state index is 0.105. The van der Waals surface area contributed by atoms with Crippen molar-refractivity contribution in [3.05, 3.63) is 29.3 Å². The lowest BCUT2D eigenvalue weighted by atomic mass is 10.3. The van der Waals surface area contributed by atoms with E-state index < -0.39 is 10.0 Å². The second-order valence-corrected chi connectivity index (χ2v) is 6.25. The van der Waals surface area contributed by atoms with Crippen molar-refractivity contribution < 1.29 is 17.9 Å². The van der Waals surface area contributed by atoms with E-state index in [1.54, 1.807) is 0 Å². The van der Waals surface area contributed by atoms with Crippen molar-refractivity contribution in [3.8, 4) is 11.5 Å². The Balaban J connectivity index is 3.06. The van der Waals surface area contributed by atoms with Gasteiger partial charge in [-0.1, -0.05) is 22.5 Å². The van der Waals surface area contributed by atoms with Crippen LogP contribution in [0.1, 0.15) is 0 Å². The Morgan fingerprint density at radius 2 is 1.94 bits per heavy atom. The zero-order valence-electron chi connectivity index (χ0n) is 10.1. The second-order valence-electron chi connectivity index (χ2n) is 3.36. The van der Waals surface area contributed by atoms with E-state index in [0.29, 0.717) is 16.0 Å². The van der Waals surface area contributed by atoms with Gasteiger partial charge < -0.3 is 9.47 Å². The number of benzene rings is 1. The summed E-state index contributed by atoms with van der Waals surface area (Å²) in [7, 11) is -0.658. The molecule has 5 nitrogen and oxygen atoms in total. The van der Waals surface area contributed by atoms with Crippen LogP contribution in [0.2, 0.25) is 0 Å². The number of sulfonamides is 1. The van der Waals surface area contributed by atoms with E-state index in [1.165, 1.54) is 32.4 Å². The molecule has 18 heavy (non-hydrogen) atoms. The van der Waals surface area contributed by atoms with Gasteiger partial charge >= 0.3 is 0 Å². The molecule has 0 aliphatic heterocycles. The molecule has 1 aromatic carbocycles. The third-order valence-electron chi connectivity index (χ3n) is 2.12. The van der Waals surface area contributed by atoms with E-state index in [2.05, 4.69) is 27.2 Å². The van der Waals surface area contributed by atoms with Gasteiger partial charge in [0.15, 0.2) is 11.5 Å². The molecule has 100 valence electrons. The molecular formula is C11H14BrNO4S. The van der Waals surface area contributed by atoms with Gasteiger partial charge in [-0.05, 0) is 12.1 Å². The van der Waals surface area contributed by atoms with Gasteiger partial charge in [-0.3, -0.25) is 0 Å². The second kappa shape index (κ2) is 6.21. The van der Waals surface area contributed by atoms with Gasteiger partial charge in [0.2, 0.25) is 10.0 Å². The largest absolute Gasteiger partial charge is 0.493 e. The first-order valence-corrected chi connectivity index (χ1v) is 7.23. The highest BCUT2D eigenvalue weighted by Gasteiger charge is 2.16. The maximum Gasteiger partial charge on any atom is 0.241 e. The zero-order valence-corrected chi connectivity index (χ0v) is 12.5. The molecule has 0 saturated heterocycles. The normalized spacial score (nSPS) is 11.1. The lowest BCUT2D eigenvalue weighted by Crippen LogP contribution is -2.24. The van der Waals surface area contributed by atoms with E-state index in [4.69, 9.17) is 9.47 Å². The molecule has 0 unspecified atom stereocenters. The molecule has 0 fully saturated rings. The summed E-state index contributed by atoms with van der Waals surface area (Å²) in [5, 5.41) is 0. The molecule has 0 radical (unpaired) electrons. The molecule has 0 spiro atoms. The van der Waals surface area contributed by atoms with Crippen molar-refractivity contribution in [1.29, 1.82) is 0 Å². The minimum atomic E-state index is -3.59. The fourth-order valence-electron chi connectivity index (χ4n) is 1.24. The average molecular weight is 336 g/mol. The molecule has 1 rings (SSSR count). The smallest absolute Gasteiger partial charge is 0.241 e. The summed E-state index contributed by atoms with van der Waals surface area (Å²) in [5.74, 6) is 0.833. The van der Waals surface area contributed by atoms with Crippen molar-refractivity contribution in [2.45, 2.75) is 4.90 Å². The van der Waals surface area contributed by atoms with Gasteiger partial charge in [-0.15, -0.1) is 0 Å². The van der Waals surface area contributed by atoms with Crippen LogP contribution in [0, 0.1) is 0 Å². The van der Waals surface area contributed by atoms with Crippen LogP contribution in [0.5, 0.6) is 11.5 Å². The van der Waals surface area contributed by atoms with Crippen LogP contribution in [0.15, 0.2) is 34.2 Å². The summed E-state index contributed by atoms with van der Waals surface area (Å²) in [4.78, 5) is 0.105. The topological polar surface area (TPSA) is 64.6 Å². The SMILES string of the molecule is C=C(Br)CNS(=O)(=O)c1ccc(OC)c(OC)c1. The Bertz CT molecular complexity index is 542. The fourth-order valence-corrected chi connectivity index (χ4v) is 2.61. The number of hydrogen-bond acceptors (Lipinski definition) is 4. The van der Waals surface area contributed by atoms with Crippen molar-refractivity contribution >= 4 is 26.0 Å². The average Bonchev–Trinajstić information content (AvgIpc) is 2.35. The van der Waals surface area contributed by atoms with Crippen LogP contribution >= 0.6 is 15.9 Å². The first-order valence-electron chi connectivity index (χ1n) is 4.95. The molecule has 1 aromatic rings. The number of rotatable bonds is 6. The summed E-state index contributed by atoms with van der Waals surface area (Å²) < 4.78 is 36.9. The summed E-state index contributed by atoms with van der Waals surface area (Å²) in [6.07, 6.45) is 0. The predicted octanol–water partition coefficient (Wildman–Crippen LogP) is 1.89. The summed E-state index contributed by atoms with van der Waals surface area (Å²) in [6.45, 7) is 3.68. The van der Waals surface area contributed by atoms with Crippen LogP contribution in [-0.2, 0) is 10.0 Å².